The first-order valence-corrected chi connectivity index (χ1v) is 6.36. The van der Waals surface area contributed by atoms with Crippen LogP contribution in [0.4, 0.5) is 14.5 Å². The summed E-state index contributed by atoms with van der Waals surface area (Å²) in [6, 6.07) is 7.21. The molecule has 1 aliphatic rings. The summed E-state index contributed by atoms with van der Waals surface area (Å²) < 4.78 is 28.6. The van der Waals surface area contributed by atoms with Crippen LogP contribution < -0.4 is 10.1 Å². The second-order valence-electron chi connectivity index (χ2n) is 5.22. The number of hydrogen-bond acceptors (Lipinski definition) is 2. The summed E-state index contributed by atoms with van der Waals surface area (Å²) in [6.45, 7) is 1.70. The van der Waals surface area contributed by atoms with E-state index in [2.05, 4.69) is 23.9 Å². The van der Waals surface area contributed by atoms with Crippen molar-refractivity contribution in [1.82, 2.24) is 0 Å². The maximum absolute atomic E-state index is 12.1. The maximum Gasteiger partial charge on any atom is 0.387 e. The number of nitrogens with one attached hydrogen (secondary N) is 1. The normalized spacial score (nSPS) is 23.0. The van der Waals surface area contributed by atoms with Gasteiger partial charge < -0.3 is 10.1 Å². The summed E-state index contributed by atoms with van der Waals surface area (Å²) in [5, 5.41) is 3.35. The predicted octanol–water partition coefficient (Wildman–Crippen LogP) is 4.13. The maximum atomic E-state index is 12.1. The fraction of sp³-hybridized carbons (Fsp3) is 0.571. The van der Waals surface area contributed by atoms with Crippen molar-refractivity contribution in [2.45, 2.75) is 39.3 Å². The van der Waals surface area contributed by atoms with Crippen LogP contribution in [0, 0.1) is 11.8 Å². The Kier molecular flexibility index (Phi) is 4.04. The van der Waals surface area contributed by atoms with Gasteiger partial charge in [0.05, 0.1) is 0 Å². The molecular weight excluding hydrogens is 236 g/mol. The van der Waals surface area contributed by atoms with Crippen molar-refractivity contribution >= 4 is 5.69 Å². The number of benzene rings is 1. The van der Waals surface area contributed by atoms with Crippen LogP contribution in [0.5, 0.6) is 5.75 Å². The Morgan fingerprint density at radius 2 is 2.00 bits per heavy atom. The molecule has 1 N–H and O–H groups in total. The van der Waals surface area contributed by atoms with Gasteiger partial charge in [0.1, 0.15) is 5.75 Å². The molecule has 0 unspecified atom stereocenters. The molecule has 2 rings (SSSR count). The average Bonchev–Trinajstić information content (AvgIpc) is 2.21. The Balaban J connectivity index is 1.87. The second-order valence-corrected chi connectivity index (χ2v) is 5.22. The van der Waals surface area contributed by atoms with Gasteiger partial charge in [0.2, 0.25) is 0 Å². The molecule has 1 saturated carbocycles. The quantitative estimate of drug-likeness (QED) is 0.854. The minimum absolute atomic E-state index is 0.203. The highest BCUT2D eigenvalue weighted by molar-refractivity contribution is 5.49. The van der Waals surface area contributed by atoms with Gasteiger partial charge >= 0.3 is 6.61 Å². The lowest BCUT2D eigenvalue weighted by molar-refractivity contribution is -0.0498. The summed E-state index contributed by atoms with van der Waals surface area (Å²) in [5.74, 6) is 1.70. The van der Waals surface area contributed by atoms with E-state index >= 15 is 0 Å². The first kappa shape index (κ1) is 13.1. The van der Waals surface area contributed by atoms with E-state index in [0.717, 1.165) is 30.4 Å². The van der Waals surface area contributed by atoms with Gasteiger partial charge in [-0.25, -0.2) is 0 Å². The Bertz CT molecular complexity index is 389. The smallest absolute Gasteiger partial charge is 0.387 e. The molecule has 18 heavy (non-hydrogen) atoms. The van der Waals surface area contributed by atoms with Gasteiger partial charge in [0.15, 0.2) is 0 Å². The van der Waals surface area contributed by atoms with Gasteiger partial charge in [-0.3, -0.25) is 0 Å². The van der Waals surface area contributed by atoms with Crippen molar-refractivity contribution in [1.29, 1.82) is 0 Å². The molecule has 1 aliphatic carbocycles. The Hall–Kier alpha value is -1.32. The van der Waals surface area contributed by atoms with Crippen LogP contribution in [0.25, 0.3) is 0 Å². The predicted molar refractivity (Wildman–Crippen MR) is 68.0 cm³/mol. The van der Waals surface area contributed by atoms with Crippen molar-refractivity contribution in [3.05, 3.63) is 24.3 Å². The monoisotopic (exact) mass is 255 g/mol. The largest absolute Gasteiger partial charge is 0.435 e. The zero-order valence-corrected chi connectivity index (χ0v) is 10.7. The zero-order chi connectivity index (χ0) is 13.1. The Labute approximate surface area is 106 Å². The molecule has 0 atom stereocenters. The number of ether oxygens (including phenoxy) is 1. The van der Waals surface area contributed by atoms with E-state index < -0.39 is 6.61 Å². The average molecular weight is 255 g/mol. The highest BCUT2D eigenvalue weighted by atomic mass is 19.3. The first-order chi connectivity index (χ1) is 8.54. The third-order valence-corrected chi connectivity index (χ3v) is 3.55. The van der Waals surface area contributed by atoms with Crippen LogP contribution in [0.15, 0.2) is 24.3 Å². The van der Waals surface area contributed by atoms with Crippen molar-refractivity contribution in [2.24, 2.45) is 11.8 Å². The van der Waals surface area contributed by atoms with Gasteiger partial charge in [-0.05, 0) is 36.8 Å². The van der Waals surface area contributed by atoms with Crippen molar-refractivity contribution in [3.63, 3.8) is 0 Å². The van der Waals surface area contributed by atoms with Gasteiger partial charge in [-0.1, -0.05) is 19.9 Å². The lowest BCUT2D eigenvalue weighted by atomic mass is 9.73. The SMILES string of the molecule is CC(C)C1CC(Nc2cccc(OC(F)F)c2)C1. The molecule has 0 amide bonds. The summed E-state index contributed by atoms with van der Waals surface area (Å²) in [7, 11) is 0. The van der Waals surface area contributed by atoms with Crippen LogP contribution in [0.3, 0.4) is 0 Å². The number of halogens is 2. The van der Waals surface area contributed by atoms with Crippen molar-refractivity contribution in [2.75, 3.05) is 5.32 Å². The minimum Gasteiger partial charge on any atom is -0.435 e. The van der Waals surface area contributed by atoms with Gasteiger partial charge in [-0.2, -0.15) is 8.78 Å². The fourth-order valence-corrected chi connectivity index (χ4v) is 2.32. The molecule has 4 heteroatoms. The van der Waals surface area contributed by atoms with Gasteiger partial charge in [0, 0.05) is 17.8 Å². The summed E-state index contributed by atoms with van der Waals surface area (Å²) in [6.07, 6.45) is 2.30. The minimum atomic E-state index is -2.77. The molecule has 0 spiro atoms. The Morgan fingerprint density at radius 1 is 1.28 bits per heavy atom. The highest BCUT2D eigenvalue weighted by Gasteiger charge is 2.30. The zero-order valence-electron chi connectivity index (χ0n) is 10.7. The molecule has 0 saturated heterocycles. The number of alkyl halides is 2. The van der Waals surface area contributed by atoms with E-state index in [4.69, 9.17) is 0 Å². The highest BCUT2D eigenvalue weighted by Crippen LogP contribution is 2.35. The van der Waals surface area contributed by atoms with E-state index in [9.17, 15) is 8.78 Å². The van der Waals surface area contributed by atoms with E-state index in [1.54, 1.807) is 12.1 Å². The fourth-order valence-electron chi connectivity index (χ4n) is 2.32. The van der Waals surface area contributed by atoms with E-state index in [0.29, 0.717) is 6.04 Å². The molecule has 0 radical (unpaired) electrons. The third kappa shape index (κ3) is 3.34. The standard InChI is InChI=1S/C14H19F2NO/c1-9(2)10-6-12(7-10)17-11-4-3-5-13(8-11)18-14(15)16/h3-5,8-10,12,14,17H,6-7H2,1-2H3. The number of hydrogen-bond donors (Lipinski definition) is 1. The van der Waals surface area contributed by atoms with Crippen LogP contribution >= 0.6 is 0 Å². The third-order valence-electron chi connectivity index (χ3n) is 3.55. The topological polar surface area (TPSA) is 21.3 Å². The van der Waals surface area contributed by atoms with Crippen LogP contribution in [-0.2, 0) is 0 Å². The first-order valence-electron chi connectivity index (χ1n) is 6.36. The van der Waals surface area contributed by atoms with E-state index in [-0.39, 0.29) is 5.75 Å². The van der Waals surface area contributed by atoms with E-state index in [1.807, 2.05) is 6.07 Å². The van der Waals surface area contributed by atoms with Crippen molar-refractivity contribution < 1.29 is 13.5 Å². The van der Waals surface area contributed by atoms with Gasteiger partial charge in [0.25, 0.3) is 0 Å². The molecular formula is C14H19F2NO. The van der Waals surface area contributed by atoms with E-state index in [1.165, 1.54) is 6.07 Å². The molecule has 0 bridgehead atoms. The molecule has 2 nitrogen and oxygen atoms in total. The molecule has 1 aromatic rings. The molecule has 1 fully saturated rings. The molecule has 0 heterocycles. The van der Waals surface area contributed by atoms with Crippen LogP contribution in [0.1, 0.15) is 26.7 Å². The second kappa shape index (κ2) is 5.55. The lowest BCUT2D eigenvalue weighted by Gasteiger charge is -2.39. The lowest BCUT2D eigenvalue weighted by Crippen LogP contribution is -2.37. The molecule has 1 aromatic carbocycles. The summed E-state index contributed by atoms with van der Waals surface area (Å²) in [4.78, 5) is 0. The van der Waals surface area contributed by atoms with Crippen molar-refractivity contribution in [3.8, 4) is 5.75 Å². The molecule has 0 aliphatic heterocycles. The molecule has 100 valence electrons. The number of anilines is 1. The van der Waals surface area contributed by atoms with Gasteiger partial charge in [-0.15, -0.1) is 0 Å². The summed E-state index contributed by atoms with van der Waals surface area (Å²) >= 11 is 0. The number of rotatable bonds is 5. The summed E-state index contributed by atoms with van der Waals surface area (Å²) in [5.41, 5.74) is 0.848. The Morgan fingerprint density at radius 3 is 2.61 bits per heavy atom. The van der Waals surface area contributed by atoms with Crippen LogP contribution in [-0.4, -0.2) is 12.7 Å². The molecule has 0 aromatic heterocycles. The van der Waals surface area contributed by atoms with Crippen LogP contribution in [0.2, 0.25) is 0 Å².